The minimum atomic E-state index is -0.116. The van der Waals surface area contributed by atoms with Gasteiger partial charge in [0, 0.05) is 5.41 Å². The molecule has 12 aromatic carbocycles. The van der Waals surface area contributed by atoms with E-state index >= 15 is 0 Å². The summed E-state index contributed by atoms with van der Waals surface area (Å²) in [6, 6.07) is 81.6. The van der Waals surface area contributed by atoms with Crippen LogP contribution in [0, 0.1) is 0 Å². The Bertz CT molecular complexity index is 3810. The van der Waals surface area contributed by atoms with E-state index in [0.29, 0.717) is 0 Å². The molecule has 1 aliphatic rings. The van der Waals surface area contributed by atoms with E-state index < -0.39 is 0 Å². The second kappa shape index (κ2) is 13.6. The third kappa shape index (κ3) is 5.22. The SMILES string of the molecule is CC1(C)c2ccc(-c3ccc(-c4c5ccccc5c(-c5ccccc5-c5cc6ccccc6c6ccccc56)c5ccccc45)cc3)cc2-c2c1c1ccccc1c1ccccc21. The van der Waals surface area contributed by atoms with Crippen LogP contribution in [0.1, 0.15) is 25.0 Å². The number of fused-ring (bicyclic) bond motifs is 13. The molecular weight excluding hydrogens is 757 g/mol. The first-order chi connectivity index (χ1) is 31.0. The molecule has 0 heterocycles. The Morgan fingerprint density at radius 2 is 0.683 bits per heavy atom. The zero-order valence-electron chi connectivity index (χ0n) is 35.3. The Labute approximate surface area is 367 Å². The largest absolute Gasteiger partial charge is 0.0616 e. The average molecular weight is 799 g/mol. The highest BCUT2D eigenvalue weighted by atomic mass is 14.4. The molecule has 0 bridgehead atoms. The summed E-state index contributed by atoms with van der Waals surface area (Å²) >= 11 is 0. The molecule has 294 valence electrons. The normalized spacial score (nSPS) is 13.0. The molecule has 0 atom stereocenters. The lowest BCUT2D eigenvalue weighted by molar-refractivity contribution is 0.666. The molecule has 0 amide bonds. The molecular formula is C63H42. The van der Waals surface area contributed by atoms with Gasteiger partial charge in [-0.25, -0.2) is 0 Å². The fraction of sp³-hybridized carbons (Fsp3) is 0.0476. The maximum atomic E-state index is 2.45. The molecule has 0 nitrogen and oxygen atoms in total. The monoisotopic (exact) mass is 798 g/mol. The van der Waals surface area contributed by atoms with Gasteiger partial charge in [0.2, 0.25) is 0 Å². The van der Waals surface area contributed by atoms with Gasteiger partial charge < -0.3 is 0 Å². The van der Waals surface area contributed by atoms with Crippen molar-refractivity contribution in [2.45, 2.75) is 19.3 Å². The fourth-order valence-electron chi connectivity index (χ4n) is 11.5. The molecule has 0 spiro atoms. The lowest BCUT2D eigenvalue weighted by atomic mass is 9.79. The fourth-order valence-corrected chi connectivity index (χ4v) is 11.5. The smallest absolute Gasteiger partial charge is 0.0165 e. The first-order valence-electron chi connectivity index (χ1n) is 22.2. The summed E-state index contributed by atoms with van der Waals surface area (Å²) in [6.45, 7) is 4.80. The van der Waals surface area contributed by atoms with Crippen LogP contribution >= 0.6 is 0 Å². The molecule has 0 fully saturated rings. The Kier molecular flexibility index (Phi) is 7.75. The Morgan fingerprint density at radius 3 is 1.32 bits per heavy atom. The van der Waals surface area contributed by atoms with Gasteiger partial charge in [-0.05, 0) is 144 Å². The lowest BCUT2D eigenvalue weighted by Gasteiger charge is -2.24. The van der Waals surface area contributed by atoms with E-state index in [2.05, 4.69) is 232 Å². The molecule has 0 unspecified atom stereocenters. The van der Waals surface area contributed by atoms with Gasteiger partial charge in [0.1, 0.15) is 0 Å². The number of rotatable bonds is 4. The molecule has 0 N–H and O–H groups in total. The van der Waals surface area contributed by atoms with Crippen LogP contribution in [0.2, 0.25) is 0 Å². The van der Waals surface area contributed by atoms with Gasteiger partial charge in [0.05, 0.1) is 0 Å². The predicted octanol–water partition coefficient (Wildman–Crippen LogP) is 17.6. The van der Waals surface area contributed by atoms with Crippen molar-refractivity contribution in [1.82, 2.24) is 0 Å². The van der Waals surface area contributed by atoms with Gasteiger partial charge in [-0.3, -0.25) is 0 Å². The van der Waals surface area contributed by atoms with E-state index in [0.717, 1.165) is 0 Å². The lowest BCUT2D eigenvalue weighted by Crippen LogP contribution is -2.15. The number of hydrogen-bond acceptors (Lipinski definition) is 0. The van der Waals surface area contributed by atoms with E-state index in [4.69, 9.17) is 0 Å². The van der Waals surface area contributed by atoms with Crippen molar-refractivity contribution in [3.8, 4) is 55.6 Å². The van der Waals surface area contributed by atoms with Gasteiger partial charge in [-0.15, -0.1) is 0 Å². The quantitative estimate of drug-likeness (QED) is 0.123. The van der Waals surface area contributed by atoms with Crippen LogP contribution in [-0.2, 0) is 5.41 Å². The first kappa shape index (κ1) is 35.9. The maximum absolute atomic E-state index is 2.45. The Hall–Kier alpha value is -7.80. The molecule has 1 aliphatic carbocycles. The van der Waals surface area contributed by atoms with E-state index in [-0.39, 0.29) is 5.41 Å². The predicted molar refractivity (Wildman–Crippen MR) is 271 cm³/mol. The van der Waals surface area contributed by atoms with Crippen molar-refractivity contribution >= 4 is 64.6 Å². The minimum Gasteiger partial charge on any atom is -0.0616 e. The summed E-state index contributed by atoms with van der Waals surface area (Å²) in [5.41, 5.74) is 15.4. The van der Waals surface area contributed by atoms with Crippen molar-refractivity contribution in [1.29, 1.82) is 0 Å². The topological polar surface area (TPSA) is 0 Å². The Balaban J connectivity index is 0.973. The van der Waals surface area contributed by atoms with Crippen molar-refractivity contribution in [3.63, 3.8) is 0 Å². The second-order valence-electron chi connectivity index (χ2n) is 17.9. The highest BCUT2D eigenvalue weighted by molar-refractivity contribution is 6.24. The zero-order chi connectivity index (χ0) is 41.8. The van der Waals surface area contributed by atoms with Crippen molar-refractivity contribution in [3.05, 3.63) is 230 Å². The molecule has 0 radical (unpaired) electrons. The van der Waals surface area contributed by atoms with E-state index in [1.54, 1.807) is 0 Å². The van der Waals surface area contributed by atoms with Crippen molar-refractivity contribution in [2.75, 3.05) is 0 Å². The van der Waals surface area contributed by atoms with Gasteiger partial charge in [-0.2, -0.15) is 0 Å². The highest BCUT2D eigenvalue weighted by Gasteiger charge is 2.38. The molecule has 12 aromatic rings. The molecule has 63 heavy (non-hydrogen) atoms. The third-order valence-electron chi connectivity index (χ3n) is 14.2. The van der Waals surface area contributed by atoms with E-state index in [9.17, 15) is 0 Å². The summed E-state index contributed by atoms with van der Waals surface area (Å²) in [7, 11) is 0. The molecule has 0 heteroatoms. The van der Waals surface area contributed by atoms with Crippen LogP contribution in [0.3, 0.4) is 0 Å². The minimum absolute atomic E-state index is 0.116. The molecule has 0 saturated carbocycles. The number of hydrogen-bond donors (Lipinski definition) is 0. The first-order valence-corrected chi connectivity index (χ1v) is 22.2. The molecule has 13 rings (SSSR count). The van der Waals surface area contributed by atoms with Crippen LogP contribution in [-0.4, -0.2) is 0 Å². The Morgan fingerprint density at radius 1 is 0.254 bits per heavy atom. The summed E-state index contributed by atoms with van der Waals surface area (Å²) in [5, 5.41) is 15.5. The van der Waals surface area contributed by atoms with Crippen molar-refractivity contribution in [2.24, 2.45) is 0 Å². The van der Waals surface area contributed by atoms with Gasteiger partial charge in [0.15, 0.2) is 0 Å². The van der Waals surface area contributed by atoms with Crippen LogP contribution in [0.15, 0.2) is 218 Å². The standard InChI is InChI=1S/C63H42/c1-63(2)58-36-35-41(37-57(58)61-50-25-11-7-20-45(50)46-21-9-16-30-55(46)62(61)63)39-31-33-40(34-32-39)59-51-26-12-14-28-53(51)60(54-29-15-13-27-52(54)59)49-24-10-8-23-48(49)56-38-42-17-3-4-18-43(42)44-19-5-6-22-47(44)56/h3-38H,1-2H3. The summed E-state index contributed by atoms with van der Waals surface area (Å²) in [4.78, 5) is 0. The highest BCUT2D eigenvalue weighted by Crippen LogP contribution is 2.55. The van der Waals surface area contributed by atoms with Gasteiger partial charge in [0.25, 0.3) is 0 Å². The summed E-state index contributed by atoms with van der Waals surface area (Å²) in [5.74, 6) is 0. The van der Waals surface area contributed by atoms with Crippen LogP contribution in [0.25, 0.3) is 120 Å². The molecule has 0 saturated heterocycles. The van der Waals surface area contributed by atoms with Crippen LogP contribution in [0.4, 0.5) is 0 Å². The number of benzene rings is 12. The van der Waals surface area contributed by atoms with E-state index in [1.807, 2.05) is 0 Å². The summed E-state index contributed by atoms with van der Waals surface area (Å²) < 4.78 is 0. The average Bonchev–Trinajstić information content (AvgIpc) is 3.59. The zero-order valence-corrected chi connectivity index (χ0v) is 35.3. The summed E-state index contributed by atoms with van der Waals surface area (Å²) in [6.07, 6.45) is 0. The maximum Gasteiger partial charge on any atom is 0.0165 e. The van der Waals surface area contributed by atoms with Crippen LogP contribution < -0.4 is 0 Å². The molecule has 0 aliphatic heterocycles. The van der Waals surface area contributed by atoms with Crippen LogP contribution in [0.5, 0.6) is 0 Å². The molecule has 0 aromatic heterocycles. The van der Waals surface area contributed by atoms with Crippen molar-refractivity contribution < 1.29 is 0 Å². The second-order valence-corrected chi connectivity index (χ2v) is 17.9. The van der Waals surface area contributed by atoms with Gasteiger partial charge >= 0.3 is 0 Å². The van der Waals surface area contributed by atoms with Gasteiger partial charge in [-0.1, -0.05) is 220 Å². The third-order valence-corrected chi connectivity index (χ3v) is 14.2. The van der Waals surface area contributed by atoms with E-state index in [1.165, 1.54) is 131 Å².